The van der Waals surface area contributed by atoms with E-state index in [1.54, 1.807) is 13.0 Å². The molecule has 0 bridgehead atoms. The predicted molar refractivity (Wildman–Crippen MR) is 109 cm³/mol. The number of hydrogen-bond donors (Lipinski definition) is 1. The van der Waals surface area contributed by atoms with Crippen molar-refractivity contribution in [2.75, 3.05) is 19.6 Å². The first-order chi connectivity index (χ1) is 13.9. The molecule has 0 spiro atoms. The van der Waals surface area contributed by atoms with Gasteiger partial charge in [0.15, 0.2) is 5.82 Å². The number of nitrogens with one attached hydrogen (secondary N) is 1. The average molecular weight is 419 g/mol. The lowest BCUT2D eigenvalue weighted by molar-refractivity contribution is -0.126. The third-order valence-corrected chi connectivity index (χ3v) is 6.42. The van der Waals surface area contributed by atoms with Gasteiger partial charge >= 0.3 is 0 Å². The lowest BCUT2D eigenvalue weighted by Gasteiger charge is -2.29. The molecular formula is C20H26N4O4S. The molecule has 0 aliphatic carbocycles. The molecule has 0 atom stereocenters. The van der Waals surface area contributed by atoms with Gasteiger partial charge in [-0.05, 0) is 37.8 Å². The topological polar surface area (TPSA) is 105 Å². The summed E-state index contributed by atoms with van der Waals surface area (Å²) >= 11 is 0. The number of amides is 1. The molecule has 2 heterocycles. The number of hydrogen-bond acceptors (Lipinski definition) is 6. The molecule has 0 saturated carbocycles. The summed E-state index contributed by atoms with van der Waals surface area (Å²) < 4.78 is 31.5. The second-order valence-electron chi connectivity index (χ2n) is 7.06. The van der Waals surface area contributed by atoms with E-state index in [1.807, 2.05) is 30.3 Å². The van der Waals surface area contributed by atoms with Crippen molar-refractivity contribution < 1.29 is 17.7 Å². The molecule has 29 heavy (non-hydrogen) atoms. The van der Waals surface area contributed by atoms with Gasteiger partial charge in [0, 0.05) is 37.4 Å². The fourth-order valence-corrected chi connectivity index (χ4v) is 4.45. The zero-order valence-corrected chi connectivity index (χ0v) is 17.3. The van der Waals surface area contributed by atoms with Crippen LogP contribution in [0.1, 0.15) is 36.5 Å². The molecule has 1 aromatic carbocycles. The van der Waals surface area contributed by atoms with Crippen LogP contribution in [0.3, 0.4) is 0 Å². The maximum Gasteiger partial charge on any atom is 0.236 e. The Morgan fingerprint density at radius 2 is 2.00 bits per heavy atom. The van der Waals surface area contributed by atoms with Gasteiger partial charge in [0.25, 0.3) is 0 Å². The number of aromatic nitrogens is 2. The van der Waals surface area contributed by atoms with Crippen LogP contribution in [0.2, 0.25) is 0 Å². The molecule has 3 rings (SSSR count). The third kappa shape index (κ3) is 6.23. The number of sulfonamides is 1. The maximum absolute atomic E-state index is 12.5. The number of piperidine rings is 1. The Hall–Kier alpha value is -2.52. The van der Waals surface area contributed by atoms with Crippen molar-refractivity contribution in [3.63, 3.8) is 0 Å². The van der Waals surface area contributed by atoms with E-state index < -0.39 is 10.0 Å². The van der Waals surface area contributed by atoms with E-state index in [4.69, 9.17) is 4.52 Å². The molecule has 1 N–H and O–H groups in total. The van der Waals surface area contributed by atoms with Crippen LogP contribution in [-0.4, -0.2) is 48.4 Å². The van der Waals surface area contributed by atoms with Crippen molar-refractivity contribution in [3.8, 4) is 0 Å². The van der Waals surface area contributed by atoms with Crippen LogP contribution >= 0.6 is 0 Å². The molecule has 8 nitrogen and oxygen atoms in total. The van der Waals surface area contributed by atoms with E-state index in [0.29, 0.717) is 57.0 Å². The van der Waals surface area contributed by atoms with Crippen LogP contribution in [0.15, 0.2) is 40.3 Å². The SMILES string of the molecule is Cc1noc(CCCNC(=O)C2CCN(S(=O)(=O)/C=C/c3ccccc3)CC2)n1. The molecular weight excluding hydrogens is 392 g/mol. The highest BCUT2D eigenvalue weighted by Gasteiger charge is 2.29. The van der Waals surface area contributed by atoms with Gasteiger partial charge in [-0.2, -0.15) is 9.29 Å². The number of aryl methyl sites for hydroxylation is 2. The minimum Gasteiger partial charge on any atom is -0.356 e. The van der Waals surface area contributed by atoms with Crippen LogP contribution in [0.4, 0.5) is 0 Å². The minimum absolute atomic E-state index is 0.0245. The molecule has 156 valence electrons. The zero-order chi connectivity index (χ0) is 20.7. The summed E-state index contributed by atoms with van der Waals surface area (Å²) in [4.78, 5) is 16.5. The Kier molecular flexibility index (Phi) is 7.16. The highest BCUT2D eigenvalue weighted by molar-refractivity contribution is 7.92. The Morgan fingerprint density at radius 1 is 1.28 bits per heavy atom. The smallest absolute Gasteiger partial charge is 0.236 e. The Balaban J connectivity index is 1.40. The molecule has 2 aromatic rings. The average Bonchev–Trinajstić information content (AvgIpc) is 3.15. The van der Waals surface area contributed by atoms with Crippen LogP contribution < -0.4 is 5.32 Å². The van der Waals surface area contributed by atoms with Crippen molar-refractivity contribution in [2.45, 2.75) is 32.6 Å². The Morgan fingerprint density at radius 3 is 2.66 bits per heavy atom. The van der Waals surface area contributed by atoms with Crippen LogP contribution in [0, 0.1) is 12.8 Å². The van der Waals surface area contributed by atoms with Gasteiger partial charge in [0.2, 0.25) is 21.8 Å². The second kappa shape index (κ2) is 9.80. The highest BCUT2D eigenvalue weighted by atomic mass is 32.2. The van der Waals surface area contributed by atoms with E-state index in [0.717, 1.165) is 5.56 Å². The number of carbonyl (C=O) groups is 1. The molecule has 0 unspecified atom stereocenters. The molecule has 1 fully saturated rings. The third-order valence-electron chi connectivity index (χ3n) is 4.85. The summed E-state index contributed by atoms with van der Waals surface area (Å²) in [6, 6.07) is 9.30. The lowest BCUT2D eigenvalue weighted by atomic mass is 9.97. The molecule has 1 aliphatic heterocycles. The quantitative estimate of drug-likeness (QED) is 0.659. The van der Waals surface area contributed by atoms with Gasteiger partial charge in [0.05, 0.1) is 0 Å². The second-order valence-corrected chi connectivity index (χ2v) is 8.88. The van der Waals surface area contributed by atoms with Crippen LogP contribution in [-0.2, 0) is 21.2 Å². The minimum atomic E-state index is -3.48. The largest absolute Gasteiger partial charge is 0.356 e. The van der Waals surface area contributed by atoms with Crippen molar-refractivity contribution in [1.29, 1.82) is 0 Å². The number of carbonyl (C=O) groups excluding carboxylic acids is 1. The maximum atomic E-state index is 12.5. The predicted octanol–water partition coefficient (Wildman–Crippen LogP) is 2.14. The molecule has 1 aromatic heterocycles. The lowest BCUT2D eigenvalue weighted by Crippen LogP contribution is -2.42. The van der Waals surface area contributed by atoms with E-state index >= 15 is 0 Å². The van der Waals surface area contributed by atoms with Crippen LogP contribution in [0.5, 0.6) is 0 Å². The van der Waals surface area contributed by atoms with Gasteiger partial charge in [-0.25, -0.2) is 8.42 Å². The van der Waals surface area contributed by atoms with Crippen molar-refractivity contribution in [2.24, 2.45) is 5.92 Å². The van der Waals surface area contributed by atoms with E-state index in [9.17, 15) is 13.2 Å². The fraction of sp³-hybridized carbons (Fsp3) is 0.450. The summed E-state index contributed by atoms with van der Waals surface area (Å²) in [5, 5.41) is 7.89. The van der Waals surface area contributed by atoms with E-state index in [1.165, 1.54) is 9.71 Å². The first kappa shape index (κ1) is 21.2. The van der Waals surface area contributed by atoms with Gasteiger partial charge in [-0.1, -0.05) is 35.5 Å². The molecule has 1 saturated heterocycles. The van der Waals surface area contributed by atoms with Crippen LogP contribution in [0.25, 0.3) is 6.08 Å². The fourth-order valence-electron chi connectivity index (χ4n) is 3.22. The summed E-state index contributed by atoms with van der Waals surface area (Å²) in [5.74, 6) is 0.983. The van der Waals surface area contributed by atoms with Crippen molar-refractivity contribution in [3.05, 3.63) is 53.0 Å². The Bertz CT molecular complexity index is 932. The highest BCUT2D eigenvalue weighted by Crippen LogP contribution is 2.21. The summed E-state index contributed by atoms with van der Waals surface area (Å²) in [5.41, 5.74) is 0.834. The number of benzene rings is 1. The Labute approximate surface area is 171 Å². The van der Waals surface area contributed by atoms with Gasteiger partial charge in [-0.3, -0.25) is 4.79 Å². The van der Waals surface area contributed by atoms with E-state index in [2.05, 4.69) is 15.5 Å². The monoisotopic (exact) mass is 418 g/mol. The van der Waals surface area contributed by atoms with Gasteiger partial charge in [0.1, 0.15) is 0 Å². The number of nitrogens with zero attached hydrogens (tertiary/aromatic N) is 3. The molecule has 1 amide bonds. The van der Waals surface area contributed by atoms with Gasteiger partial charge in [-0.15, -0.1) is 0 Å². The first-order valence-electron chi connectivity index (χ1n) is 9.74. The van der Waals surface area contributed by atoms with Crippen molar-refractivity contribution >= 4 is 22.0 Å². The number of rotatable bonds is 8. The zero-order valence-electron chi connectivity index (χ0n) is 16.5. The van der Waals surface area contributed by atoms with Gasteiger partial charge < -0.3 is 9.84 Å². The first-order valence-corrected chi connectivity index (χ1v) is 11.2. The summed E-state index contributed by atoms with van der Waals surface area (Å²) in [6.45, 7) is 2.99. The van der Waals surface area contributed by atoms with Crippen molar-refractivity contribution in [1.82, 2.24) is 19.8 Å². The molecule has 9 heteroatoms. The molecule has 0 radical (unpaired) electrons. The van der Waals surface area contributed by atoms with E-state index in [-0.39, 0.29) is 11.8 Å². The summed E-state index contributed by atoms with van der Waals surface area (Å²) in [7, 11) is -3.48. The normalized spacial score (nSPS) is 16.3. The summed E-state index contributed by atoms with van der Waals surface area (Å²) in [6.07, 6.45) is 3.97. The standard InChI is InChI=1S/C20H26N4O4S/c1-16-22-19(28-23-16)8-5-12-21-20(25)18-9-13-24(14-10-18)29(26,27)15-11-17-6-3-2-4-7-17/h2-4,6-7,11,15,18H,5,8-10,12-14H2,1H3,(H,21,25)/b15-11+. The molecule has 1 aliphatic rings.